The van der Waals surface area contributed by atoms with Gasteiger partial charge in [0.1, 0.15) is 11.5 Å². The standard InChI is InChI=1S/C13H18N6O/c1-2-18-7-8-19(13(20)10-3-4-16-17-10)9-11(18)12-14-5-6-15-12/h3-6,11H,2,7-9H2,1H3,(H,14,15)(H,16,17)/t11-/m1/s1. The molecule has 1 amide bonds. The number of carbonyl (C=O) groups excluding carboxylic acids is 1. The molecule has 0 saturated carbocycles. The van der Waals surface area contributed by atoms with Gasteiger partial charge < -0.3 is 9.88 Å². The Morgan fingerprint density at radius 1 is 1.45 bits per heavy atom. The third-order valence-corrected chi connectivity index (χ3v) is 3.75. The van der Waals surface area contributed by atoms with E-state index in [9.17, 15) is 4.79 Å². The summed E-state index contributed by atoms with van der Waals surface area (Å²) in [6.07, 6.45) is 5.16. The van der Waals surface area contributed by atoms with E-state index in [2.05, 4.69) is 32.0 Å². The molecule has 0 spiro atoms. The van der Waals surface area contributed by atoms with Crippen LogP contribution in [0.2, 0.25) is 0 Å². The number of piperazine rings is 1. The molecule has 0 unspecified atom stereocenters. The van der Waals surface area contributed by atoms with E-state index < -0.39 is 0 Å². The van der Waals surface area contributed by atoms with Crippen LogP contribution in [0, 0.1) is 0 Å². The lowest BCUT2D eigenvalue weighted by molar-refractivity contribution is 0.0475. The Kier molecular flexibility index (Phi) is 3.51. The lowest BCUT2D eigenvalue weighted by Crippen LogP contribution is -2.50. The SMILES string of the molecule is CCN1CCN(C(=O)c2ccn[nH]2)C[C@@H]1c1ncc[nH]1. The molecule has 1 aliphatic heterocycles. The molecule has 0 bridgehead atoms. The minimum Gasteiger partial charge on any atom is -0.347 e. The second kappa shape index (κ2) is 5.46. The summed E-state index contributed by atoms with van der Waals surface area (Å²) < 4.78 is 0. The highest BCUT2D eigenvalue weighted by Crippen LogP contribution is 2.23. The molecule has 2 N–H and O–H groups in total. The Hall–Kier alpha value is -2.15. The Morgan fingerprint density at radius 3 is 3.00 bits per heavy atom. The van der Waals surface area contributed by atoms with Crippen LogP contribution in [-0.2, 0) is 0 Å². The number of nitrogens with one attached hydrogen (secondary N) is 2. The van der Waals surface area contributed by atoms with Crippen LogP contribution in [-0.4, -0.2) is 62.1 Å². The predicted octanol–water partition coefficient (Wildman–Crippen LogP) is 0.652. The predicted molar refractivity (Wildman–Crippen MR) is 73.1 cm³/mol. The van der Waals surface area contributed by atoms with Crippen LogP contribution >= 0.6 is 0 Å². The van der Waals surface area contributed by atoms with Crippen molar-refractivity contribution in [3.63, 3.8) is 0 Å². The average Bonchev–Trinajstić information content (AvgIpc) is 3.18. The molecule has 1 fully saturated rings. The smallest absolute Gasteiger partial charge is 0.271 e. The summed E-state index contributed by atoms with van der Waals surface area (Å²) >= 11 is 0. The van der Waals surface area contributed by atoms with E-state index in [0.29, 0.717) is 12.2 Å². The van der Waals surface area contributed by atoms with Crippen molar-refractivity contribution in [1.82, 2.24) is 30.0 Å². The molecule has 0 aromatic carbocycles. The van der Waals surface area contributed by atoms with Gasteiger partial charge >= 0.3 is 0 Å². The first-order valence-electron chi connectivity index (χ1n) is 6.81. The van der Waals surface area contributed by atoms with Gasteiger partial charge in [0.15, 0.2) is 0 Å². The minimum absolute atomic E-state index is 0.00481. The van der Waals surface area contributed by atoms with E-state index in [4.69, 9.17) is 0 Å². The molecule has 3 heterocycles. The van der Waals surface area contributed by atoms with Gasteiger partial charge in [0.2, 0.25) is 0 Å². The van der Waals surface area contributed by atoms with Crippen molar-refractivity contribution in [1.29, 1.82) is 0 Å². The third kappa shape index (κ3) is 2.32. The number of likely N-dealkylation sites (N-methyl/N-ethyl adjacent to an activating group) is 1. The fourth-order valence-electron chi connectivity index (χ4n) is 2.65. The molecule has 3 rings (SSSR count). The maximum absolute atomic E-state index is 12.4. The monoisotopic (exact) mass is 274 g/mol. The van der Waals surface area contributed by atoms with E-state index in [1.165, 1.54) is 0 Å². The van der Waals surface area contributed by atoms with Gasteiger partial charge in [-0.25, -0.2) is 4.98 Å². The van der Waals surface area contributed by atoms with Crippen LogP contribution < -0.4 is 0 Å². The normalized spacial score (nSPS) is 20.2. The van der Waals surface area contributed by atoms with E-state index >= 15 is 0 Å². The largest absolute Gasteiger partial charge is 0.347 e. The highest BCUT2D eigenvalue weighted by molar-refractivity contribution is 5.92. The van der Waals surface area contributed by atoms with Crippen LogP contribution in [0.15, 0.2) is 24.7 Å². The number of imidazole rings is 1. The molecule has 106 valence electrons. The second-order valence-corrected chi connectivity index (χ2v) is 4.84. The number of hydrogen-bond donors (Lipinski definition) is 2. The number of aromatic amines is 2. The Labute approximate surface area is 117 Å². The van der Waals surface area contributed by atoms with Crippen molar-refractivity contribution in [2.75, 3.05) is 26.2 Å². The summed E-state index contributed by atoms with van der Waals surface area (Å²) in [5.74, 6) is 0.906. The fourth-order valence-corrected chi connectivity index (χ4v) is 2.65. The summed E-state index contributed by atoms with van der Waals surface area (Å²) in [6.45, 7) is 5.28. The molecule has 2 aromatic heterocycles. The van der Waals surface area contributed by atoms with E-state index in [-0.39, 0.29) is 11.9 Å². The molecule has 0 radical (unpaired) electrons. The van der Waals surface area contributed by atoms with Crippen molar-refractivity contribution < 1.29 is 4.79 Å². The average molecular weight is 274 g/mol. The zero-order chi connectivity index (χ0) is 13.9. The van der Waals surface area contributed by atoms with Crippen molar-refractivity contribution in [2.45, 2.75) is 13.0 Å². The zero-order valence-electron chi connectivity index (χ0n) is 11.4. The van der Waals surface area contributed by atoms with Crippen molar-refractivity contribution in [3.05, 3.63) is 36.2 Å². The fraction of sp³-hybridized carbons (Fsp3) is 0.462. The Bertz CT molecular complexity index is 549. The number of carbonyl (C=O) groups is 1. The lowest BCUT2D eigenvalue weighted by atomic mass is 10.1. The van der Waals surface area contributed by atoms with Gasteiger partial charge in [0, 0.05) is 38.2 Å². The van der Waals surface area contributed by atoms with Crippen LogP contribution in [0.3, 0.4) is 0 Å². The molecule has 7 nitrogen and oxygen atoms in total. The first-order chi connectivity index (χ1) is 9.79. The van der Waals surface area contributed by atoms with Crippen LogP contribution in [0.4, 0.5) is 0 Å². The highest BCUT2D eigenvalue weighted by atomic mass is 16.2. The summed E-state index contributed by atoms with van der Waals surface area (Å²) in [6, 6.07) is 1.83. The highest BCUT2D eigenvalue weighted by Gasteiger charge is 2.31. The first kappa shape index (κ1) is 12.9. The first-order valence-corrected chi connectivity index (χ1v) is 6.81. The van der Waals surface area contributed by atoms with Gasteiger partial charge in [-0.2, -0.15) is 5.10 Å². The van der Waals surface area contributed by atoms with Crippen molar-refractivity contribution >= 4 is 5.91 Å². The topological polar surface area (TPSA) is 80.9 Å². The van der Waals surface area contributed by atoms with Gasteiger partial charge in [0.25, 0.3) is 5.91 Å². The van der Waals surface area contributed by atoms with Gasteiger partial charge in [-0.15, -0.1) is 0 Å². The molecule has 1 aliphatic rings. The van der Waals surface area contributed by atoms with Gasteiger partial charge in [-0.3, -0.25) is 14.8 Å². The third-order valence-electron chi connectivity index (χ3n) is 3.75. The lowest BCUT2D eigenvalue weighted by Gasteiger charge is -2.39. The summed E-state index contributed by atoms with van der Waals surface area (Å²) in [5, 5.41) is 6.57. The van der Waals surface area contributed by atoms with Crippen LogP contribution in [0.1, 0.15) is 29.3 Å². The number of rotatable bonds is 3. The van der Waals surface area contributed by atoms with Crippen molar-refractivity contribution in [2.24, 2.45) is 0 Å². The molecular weight excluding hydrogens is 256 g/mol. The maximum Gasteiger partial charge on any atom is 0.271 e. The number of hydrogen-bond acceptors (Lipinski definition) is 4. The summed E-state index contributed by atoms with van der Waals surface area (Å²) in [5.41, 5.74) is 0.535. The van der Waals surface area contributed by atoms with Crippen molar-refractivity contribution in [3.8, 4) is 0 Å². The van der Waals surface area contributed by atoms with Crippen LogP contribution in [0.5, 0.6) is 0 Å². The molecule has 0 aliphatic carbocycles. The minimum atomic E-state index is -0.00481. The second-order valence-electron chi connectivity index (χ2n) is 4.84. The van der Waals surface area contributed by atoms with Gasteiger partial charge in [-0.1, -0.05) is 6.92 Å². The summed E-state index contributed by atoms with van der Waals surface area (Å²) in [7, 11) is 0. The molecule has 7 heteroatoms. The maximum atomic E-state index is 12.4. The summed E-state index contributed by atoms with van der Waals surface area (Å²) in [4.78, 5) is 24.1. The quantitative estimate of drug-likeness (QED) is 0.861. The Balaban J connectivity index is 1.78. The van der Waals surface area contributed by atoms with E-state index in [1.54, 1.807) is 18.5 Å². The number of H-pyrrole nitrogens is 2. The van der Waals surface area contributed by atoms with Crippen LogP contribution in [0.25, 0.3) is 0 Å². The molecule has 1 saturated heterocycles. The molecule has 1 atom stereocenters. The van der Waals surface area contributed by atoms with E-state index in [1.807, 2.05) is 11.1 Å². The Morgan fingerprint density at radius 2 is 2.35 bits per heavy atom. The number of nitrogens with zero attached hydrogens (tertiary/aromatic N) is 4. The molecule has 2 aromatic rings. The van der Waals surface area contributed by atoms with Gasteiger partial charge in [0.05, 0.1) is 6.04 Å². The molecule has 20 heavy (non-hydrogen) atoms. The van der Waals surface area contributed by atoms with E-state index in [0.717, 1.165) is 25.5 Å². The number of amides is 1. The zero-order valence-corrected chi connectivity index (χ0v) is 11.4. The number of aromatic nitrogens is 4. The van der Waals surface area contributed by atoms with Gasteiger partial charge in [-0.05, 0) is 12.6 Å². The molecular formula is C13H18N6O.